The highest BCUT2D eigenvalue weighted by Crippen LogP contribution is 2.29. The van der Waals surface area contributed by atoms with Crippen LogP contribution in [0.5, 0.6) is 5.75 Å². The first-order chi connectivity index (χ1) is 9.11. The quantitative estimate of drug-likeness (QED) is 0.881. The van der Waals surface area contributed by atoms with Crippen LogP contribution in [0.4, 0.5) is 4.39 Å². The molecular formula is C15H22FNO2. The van der Waals surface area contributed by atoms with Gasteiger partial charge in [-0.1, -0.05) is 6.07 Å². The molecule has 2 rings (SSSR count). The molecule has 0 aliphatic heterocycles. The lowest BCUT2D eigenvalue weighted by molar-refractivity contribution is 0.114. The van der Waals surface area contributed by atoms with Gasteiger partial charge in [0.15, 0.2) is 0 Å². The smallest absolute Gasteiger partial charge is 0.131 e. The van der Waals surface area contributed by atoms with E-state index in [0.29, 0.717) is 17.4 Å². The van der Waals surface area contributed by atoms with Crippen molar-refractivity contribution in [2.45, 2.75) is 50.8 Å². The molecule has 0 aromatic heterocycles. The molecule has 1 aromatic rings. The van der Waals surface area contributed by atoms with Gasteiger partial charge in [0.25, 0.3) is 0 Å². The summed E-state index contributed by atoms with van der Waals surface area (Å²) < 4.78 is 19.2. The van der Waals surface area contributed by atoms with Crippen LogP contribution in [0, 0.1) is 5.82 Å². The summed E-state index contributed by atoms with van der Waals surface area (Å²) >= 11 is 0. The maximum atomic E-state index is 13.9. The van der Waals surface area contributed by atoms with Crippen molar-refractivity contribution in [3.8, 4) is 5.75 Å². The SMILES string of the molecule is COc1cccc(F)c1C(C)NC1CCC(O)CC1. The van der Waals surface area contributed by atoms with Crippen LogP contribution in [0.3, 0.4) is 0 Å². The number of aliphatic hydroxyl groups is 1. The molecule has 0 spiro atoms. The molecule has 0 radical (unpaired) electrons. The Hall–Kier alpha value is -1.13. The van der Waals surface area contributed by atoms with E-state index in [1.807, 2.05) is 6.92 Å². The number of benzene rings is 1. The lowest BCUT2D eigenvalue weighted by atomic mass is 9.92. The lowest BCUT2D eigenvalue weighted by Crippen LogP contribution is -2.36. The third kappa shape index (κ3) is 3.45. The molecule has 106 valence electrons. The second-order valence-corrected chi connectivity index (χ2v) is 5.25. The molecule has 1 fully saturated rings. The number of hydrogen-bond acceptors (Lipinski definition) is 3. The van der Waals surface area contributed by atoms with E-state index in [1.54, 1.807) is 19.2 Å². The summed E-state index contributed by atoms with van der Waals surface area (Å²) in [4.78, 5) is 0. The zero-order valence-electron chi connectivity index (χ0n) is 11.5. The minimum Gasteiger partial charge on any atom is -0.496 e. The van der Waals surface area contributed by atoms with Gasteiger partial charge in [-0.25, -0.2) is 4.39 Å². The van der Waals surface area contributed by atoms with Crippen molar-refractivity contribution in [3.05, 3.63) is 29.6 Å². The Morgan fingerprint density at radius 1 is 1.32 bits per heavy atom. The predicted octanol–water partition coefficient (Wildman–Crippen LogP) is 2.79. The van der Waals surface area contributed by atoms with Gasteiger partial charge in [-0.3, -0.25) is 0 Å². The predicted molar refractivity (Wildman–Crippen MR) is 72.8 cm³/mol. The fourth-order valence-electron chi connectivity index (χ4n) is 2.79. The fourth-order valence-corrected chi connectivity index (χ4v) is 2.79. The Bertz CT molecular complexity index is 417. The zero-order chi connectivity index (χ0) is 13.8. The Kier molecular flexibility index (Phi) is 4.77. The first-order valence-corrected chi connectivity index (χ1v) is 6.88. The van der Waals surface area contributed by atoms with Crippen LogP contribution in [0.1, 0.15) is 44.2 Å². The Balaban J connectivity index is 2.05. The summed E-state index contributed by atoms with van der Waals surface area (Å²) in [7, 11) is 1.56. The molecule has 19 heavy (non-hydrogen) atoms. The molecule has 1 saturated carbocycles. The third-order valence-electron chi connectivity index (χ3n) is 3.85. The van der Waals surface area contributed by atoms with E-state index in [1.165, 1.54) is 6.07 Å². The van der Waals surface area contributed by atoms with Crippen LogP contribution >= 0.6 is 0 Å². The number of nitrogens with one attached hydrogen (secondary N) is 1. The van der Waals surface area contributed by atoms with E-state index >= 15 is 0 Å². The van der Waals surface area contributed by atoms with Gasteiger partial charge in [-0.15, -0.1) is 0 Å². The molecule has 1 aliphatic carbocycles. The minimum atomic E-state index is -0.241. The zero-order valence-corrected chi connectivity index (χ0v) is 11.5. The number of ether oxygens (including phenoxy) is 1. The molecule has 0 amide bonds. The Morgan fingerprint density at radius 3 is 2.63 bits per heavy atom. The van der Waals surface area contributed by atoms with Gasteiger partial charge in [0, 0.05) is 17.6 Å². The van der Waals surface area contributed by atoms with Gasteiger partial charge in [0.05, 0.1) is 13.2 Å². The molecule has 1 aliphatic rings. The number of aliphatic hydroxyl groups excluding tert-OH is 1. The number of hydrogen-bond donors (Lipinski definition) is 2. The van der Waals surface area contributed by atoms with Crippen molar-refractivity contribution in [3.63, 3.8) is 0 Å². The van der Waals surface area contributed by atoms with E-state index in [-0.39, 0.29) is 18.0 Å². The van der Waals surface area contributed by atoms with E-state index in [9.17, 15) is 9.50 Å². The highest BCUT2D eigenvalue weighted by Gasteiger charge is 2.23. The maximum Gasteiger partial charge on any atom is 0.131 e. The van der Waals surface area contributed by atoms with Gasteiger partial charge >= 0.3 is 0 Å². The molecule has 1 atom stereocenters. The van der Waals surface area contributed by atoms with Gasteiger partial charge in [-0.2, -0.15) is 0 Å². The Morgan fingerprint density at radius 2 is 2.00 bits per heavy atom. The molecule has 0 saturated heterocycles. The summed E-state index contributed by atoms with van der Waals surface area (Å²) in [5, 5.41) is 12.9. The average molecular weight is 267 g/mol. The van der Waals surface area contributed by atoms with Crippen LogP contribution in [-0.2, 0) is 0 Å². The van der Waals surface area contributed by atoms with Crippen LogP contribution in [0.15, 0.2) is 18.2 Å². The first-order valence-electron chi connectivity index (χ1n) is 6.88. The van der Waals surface area contributed by atoms with Crippen molar-refractivity contribution in [2.75, 3.05) is 7.11 Å². The number of rotatable bonds is 4. The highest BCUT2D eigenvalue weighted by molar-refractivity contribution is 5.37. The summed E-state index contributed by atoms with van der Waals surface area (Å²) in [6.45, 7) is 1.95. The third-order valence-corrected chi connectivity index (χ3v) is 3.85. The van der Waals surface area contributed by atoms with Crippen LogP contribution in [0.25, 0.3) is 0 Å². The summed E-state index contributed by atoms with van der Waals surface area (Å²) in [5.41, 5.74) is 0.580. The number of methoxy groups -OCH3 is 1. The molecule has 0 heterocycles. The van der Waals surface area contributed by atoms with E-state index in [4.69, 9.17) is 4.74 Å². The molecule has 4 heteroatoms. The molecule has 2 N–H and O–H groups in total. The van der Waals surface area contributed by atoms with Gasteiger partial charge in [0.1, 0.15) is 11.6 Å². The monoisotopic (exact) mass is 267 g/mol. The summed E-state index contributed by atoms with van der Waals surface area (Å²) in [5.74, 6) is 0.339. The number of halogens is 1. The van der Waals surface area contributed by atoms with Crippen molar-refractivity contribution >= 4 is 0 Å². The van der Waals surface area contributed by atoms with E-state index < -0.39 is 0 Å². The van der Waals surface area contributed by atoms with Crippen LogP contribution in [0.2, 0.25) is 0 Å². The minimum absolute atomic E-state index is 0.101. The second-order valence-electron chi connectivity index (χ2n) is 5.25. The first kappa shape index (κ1) is 14.3. The normalized spacial score (nSPS) is 25.1. The van der Waals surface area contributed by atoms with Crippen LogP contribution in [-0.4, -0.2) is 24.4 Å². The molecule has 1 aromatic carbocycles. The molecule has 0 bridgehead atoms. The maximum absolute atomic E-state index is 13.9. The van der Waals surface area contributed by atoms with Crippen molar-refractivity contribution in [1.82, 2.24) is 5.32 Å². The van der Waals surface area contributed by atoms with Crippen LogP contribution < -0.4 is 10.1 Å². The molecular weight excluding hydrogens is 245 g/mol. The van der Waals surface area contributed by atoms with Gasteiger partial charge in [-0.05, 0) is 44.7 Å². The highest BCUT2D eigenvalue weighted by atomic mass is 19.1. The standard InChI is InChI=1S/C15H22FNO2/c1-10(17-11-6-8-12(18)9-7-11)15-13(16)4-3-5-14(15)19-2/h3-5,10-12,17-18H,6-9H2,1-2H3. The van der Waals surface area contributed by atoms with Crippen molar-refractivity contribution in [1.29, 1.82) is 0 Å². The summed E-state index contributed by atoms with van der Waals surface area (Å²) in [6, 6.07) is 5.13. The van der Waals surface area contributed by atoms with E-state index in [0.717, 1.165) is 25.7 Å². The van der Waals surface area contributed by atoms with E-state index in [2.05, 4.69) is 5.32 Å². The lowest BCUT2D eigenvalue weighted by Gasteiger charge is -2.29. The molecule has 1 unspecified atom stereocenters. The topological polar surface area (TPSA) is 41.5 Å². The summed E-state index contributed by atoms with van der Waals surface area (Å²) in [6.07, 6.45) is 3.33. The van der Waals surface area contributed by atoms with Crippen molar-refractivity contribution in [2.24, 2.45) is 0 Å². The van der Waals surface area contributed by atoms with Crippen molar-refractivity contribution < 1.29 is 14.2 Å². The fraction of sp³-hybridized carbons (Fsp3) is 0.600. The second kappa shape index (κ2) is 6.35. The van der Waals surface area contributed by atoms with Gasteiger partial charge < -0.3 is 15.2 Å². The Labute approximate surface area is 113 Å². The largest absolute Gasteiger partial charge is 0.496 e. The average Bonchev–Trinajstić information content (AvgIpc) is 2.40. The van der Waals surface area contributed by atoms with Gasteiger partial charge in [0.2, 0.25) is 0 Å². The molecule has 3 nitrogen and oxygen atoms in total.